The van der Waals surface area contributed by atoms with E-state index in [4.69, 9.17) is 11.6 Å². The van der Waals surface area contributed by atoms with E-state index in [2.05, 4.69) is 10.6 Å². The van der Waals surface area contributed by atoms with Gasteiger partial charge in [0.15, 0.2) is 0 Å². The highest BCUT2D eigenvalue weighted by molar-refractivity contribution is 6.30. The SMILES string of the molecule is CNCCCCNc1ccc(Cl)cc1. The maximum absolute atomic E-state index is 5.78. The average Bonchev–Trinajstić information content (AvgIpc) is 2.21. The minimum absolute atomic E-state index is 0.783. The number of unbranched alkanes of at least 4 members (excludes halogenated alkanes) is 1. The van der Waals surface area contributed by atoms with Crippen molar-refractivity contribution in [3.63, 3.8) is 0 Å². The molecular formula is C11H17ClN2. The molecule has 0 atom stereocenters. The number of anilines is 1. The Balaban J connectivity index is 2.15. The Labute approximate surface area is 90.7 Å². The van der Waals surface area contributed by atoms with Crippen LogP contribution in [0.4, 0.5) is 5.69 Å². The van der Waals surface area contributed by atoms with Crippen LogP contribution in [0.3, 0.4) is 0 Å². The zero-order valence-corrected chi connectivity index (χ0v) is 9.27. The maximum atomic E-state index is 5.78. The zero-order chi connectivity index (χ0) is 10.2. The summed E-state index contributed by atoms with van der Waals surface area (Å²) in [5.41, 5.74) is 1.14. The van der Waals surface area contributed by atoms with E-state index >= 15 is 0 Å². The zero-order valence-electron chi connectivity index (χ0n) is 8.52. The van der Waals surface area contributed by atoms with Gasteiger partial charge < -0.3 is 10.6 Å². The molecule has 0 amide bonds. The second-order valence-electron chi connectivity index (χ2n) is 3.24. The summed E-state index contributed by atoms with van der Waals surface area (Å²) < 4.78 is 0. The largest absolute Gasteiger partial charge is 0.385 e. The molecule has 1 aromatic carbocycles. The van der Waals surface area contributed by atoms with Crippen LogP contribution < -0.4 is 10.6 Å². The number of halogens is 1. The summed E-state index contributed by atoms with van der Waals surface area (Å²) in [7, 11) is 1.98. The van der Waals surface area contributed by atoms with Crippen molar-refractivity contribution < 1.29 is 0 Å². The summed E-state index contributed by atoms with van der Waals surface area (Å²) >= 11 is 5.78. The Bertz CT molecular complexity index is 246. The molecular weight excluding hydrogens is 196 g/mol. The van der Waals surface area contributed by atoms with Crippen molar-refractivity contribution in [3.05, 3.63) is 29.3 Å². The van der Waals surface area contributed by atoms with E-state index in [0.29, 0.717) is 0 Å². The van der Waals surface area contributed by atoms with Crippen LogP contribution >= 0.6 is 11.6 Å². The van der Waals surface area contributed by atoms with Crippen LogP contribution in [0.5, 0.6) is 0 Å². The summed E-state index contributed by atoms with van der Waals surface area (Å²) in [6.07, 6.45) is 2.39. The van der Waals surface area contributed by atoms with Gasteiger partial charge in [-0.1, -0.05) is 11.6 Å². The maximum Gasteiger partial charge on any atom is 0.0407 e. The molecule has 2 N–H and O–H groups in total. The summed E-state index contributed by atoms with van der Waals surface area (Å²) in [4.78, 5) is 0. The highest BCUT2D eigenvalue weighted by Crippen LogP contribution is 2.13. The number of hydrogen-bond acceptors (Lipinski definition) is 2. The standard InChI is InChI=1S/C11H17ClN2/c1-13-8-2-3-9-14-11-6-4-10(12)5-7-11/h4-7,13-14H,2-3,8-9H2,1H3. The Hall–Kier alpha value is -0.730. The molecule has 1 aromatic rings. The predicted octanol–water partition coefficient (Wildman–Crippen LogP) is 2.75. The van der Waals surface area contributed by atoms with Crippen molar-refractivity contribution in [1.82, 2.24) is 5.32 Å². The van der Waals surface area contributed by atoms with Crippen molar-refractivity contribution in [2.75, 3.05) is 25.5 Å². The topological polar surface area (TPSA) is 24.1 Å². The molecule has 0 fully saturated rings. The molecule has 2 nitrogen and oxygen atoms in total. The summed E-state index contributed by atoms with van der Waals surface area (Å²) in [5, 5.41) is 7.26. The molecule has 0 unspecified atom stereocenters. The second-order valence-corrected chi connectivity index (χ2v) is 3.68. The van der Waals surface area contributed by atoms with Crippen LogP contribution in [0.1, 0.15) is 12.8 Å². The van der Waals surface area contributed by atoms with Crippen molar-refractivity contribution in [3.8, 4) is 0 Å². The summed E-state index contributed by atoms with van der Waals surface area (Å²) in [5.74, 6) is 0. The van der Waals surface area contributed by atoms with Crippen LogP contribution in [0, 0.1) is 0 Å². The summed E-state index contributed by atoms with van der Waals surface area (Å²) in [6, 6.07) is 7.80. The van der Waals surface area contributed by atoms with Crippen molar-refractivity contribution in [2.24, 2.45) is 0 Å². The third kappa shape index (κ3) is 4.49. The van der Waals surface area contributed by atoms with Gasteiger partial charge in [0.2, 0.25) is 0 Å². The minimum Gasteiger partial charge on any atom is -0.385 e. The van der Waals surface area contributed by atoms with Gasteiger partial charge in [0.05, 0.1) is 0 Å². The normalized spacial score (nSPS) is 10.1. The van der Waals surface area contributed by atoms with Gasteiger partial charge in [-0.2, -0.15) is 0 Å². The van der Waals surface area contributed by atoms with E-state index < -0.39 is 0 Å². The van der Waals surface area contributed by atoms with Gasteiger partial charge in [-0.25, -0.2) is 0 Å². The molecule has 14 heavy (non-hydrogen) atoms. The third-order valence-electron chi connectivity index (χ3n) is 2.03. The molecule has 78 valence electrons. The molecule has 1 rings (SSSR count). The van der Waals surface area contributed by atoms with Gasteiger partial charge in [-0.05, 0) is 50.7 Å². The average molecular weight is 213 g/mol. The lowest BCUT2D eigenvalue weighted by atomic mass is 10.3. The van der Waals surface area contributed by atoms with Gasteiger partial charge in [0.1, 0.15) is 0 Å². The summed E-state index contributed by atoms with van der Waals surface area (Å²) in [6.45, 7) is 2.10. The first-order valence-electron chi connectivity index (χ1n) is 4.97. The Morgan fingerprint density at radius 3 is 2.36 bits per heavy atom. The fraction of sp³-hybridized carbons (Fsp3) is 0.455. The Kier molecular flexibility index (Phi) is 5.42. The molecule has 0 saturated carbocycles. The first-order valence-corrected chi connectivity index (χ1v) is 5.35. The monoisotopic (exact) mass is 212 g/mol. The fourth-order valence-corrected chi connectivity index (χ4v) is 1.35. The van der Waals surface area contributed by atoms with Gasteiger partial charge >= 0.3 is 0 Å². The van der Waals surface area contributed by atoms with Crippen molar-refractivity contribution in [2.45, 2.75) is 12.8 Å². The minimum atomic E-state index is 0.783. The molecule has 0 radical (unpaired) electrons. The highest BCUT2D eigenvalue weighted by Gasteiger charge is 1.91. The van der Waals surface area contributed by atoms with Gasteiger partial charge in [-0.15, -0.1) is 0 Å². The Morgan fingerprint density at radius 1 is 1.07 bits per heavy atom. The number of hydrogen-bond donors (Lipinski definition) is 2. The molecule has 0 spiro atoms. The molecule has 0 aliphatic rings. The molecule has 3 heteroatoms. The van der Waals surface area contributed by atoms with E-state index in [-0.39, 0.29) is 0 Å². The van der Waals surface area contributed by atoms with Crippen LogP contribution in [-0.2, 0) is 0 Å². The second kappa shape index (κ2) is 6.68. The first-order chi connectivity index (χ1) is 6.83. The van der Waals surface area contributed by atoms with Crippen molar-refractivity contribution >= 4 is 17.3 Å². The molecule has 0 aliphatic carbocycles. The smallest absolute Gasteiger partial charge is 0.0407 e. The molecule has 0 aliphatic heterocycles. The number of rotatable bonds is 6. The molecule has 0 bridgehead atoms. The number of benzene rings is 1. The van der Waals surface area contributed by atoms with Crippen LogP contribution in [-0.4, -0.2) is 20.1 Å². The molecule has 0 heterocycles. The fourth-order valence-electron chi connectivity index (χ4n) is 1.23. The Morgan fingerprint density at radius 2 is 1.71 bits per heavy atom. The van der Waals surface area contributed by atoms with Gasteiger partial charge in [0.25, 0.3) is 0 Å². The van der Waals surface area contributed by atoms with E-state index in [1.165, 1.54) is 12.8 Å². The first kappa shape index (κ1) is 11.3. The van der Waals surface area contributed by atoms with Crippen LogP contribution in [0.25, 0.3) is 0 Å². The lowest BCUT2D eigenvalue weighted by Gasteiger charge is -2.05. The predicted molar refractivity (Wildman–Crippen MR) is 63.1 cm³/mol. The lowest BCUT2D eigenvalue weighted by molar-refractivity contribution is 0.694. The third-order valence-corrected chi connectivity index (χ3v) is 2.28. The molecule has 0 aromatic heterocycles. The lowest BCUT2D eigenvalue weighted by Crippen LogP contribution is -2.10. The van der Waals surface area contributed by atoms with Gasteiger partial charge in [0, 0.05) is 17.3 Å². The van der Waals surface area contributed by atoms with Crippen LogP contribution in [0.2, 0.25) is 5.02 Å². The van der Waals surface area contributed by atoms with E-state index in [9.17, 15) is 0 Å². The van der Waals surface area contributed by atoms with E-state index in [1.807, 2.05) is 31.3 Å². The quantitative estimate of drug-likeness (QED) is 0.709. The van der Waals surface area contributed by atoms with Crippen molar-refractivity contribution in [1.29, 1.82) is 0 Å². The van der Waals surface area contributed by atoms with Crippen LogP contribution in [0.15, 0.2) is 24.3 Å². The van der Waals surface area contributed by atoms with E-state index in [0.717, 1.165) is 23.8 Å². The van der Waals surface area contributed by atoms with Gasteiger partial charge in [-0.3, -0.25) is 0 Å². The van der Waals surface area contributed by atoms with E-state index in [1.54, 1.807) is 0 Å². The highest BCUT2D eigenvalue weighted by atomic mass is 35.5. The number of nitrogens with one attached hydrogen (secondary N) is 2. The molecule has 0 saturated heterocycles.